The van der Waals surface area contributed by atoms with E-state index in [9.17, 15) is 0 Å². The van der Waals surface area contributed by atoms with E-state index in [1.807, 2.05) is 23.5 Å². The van der Waals surface area contributed by atoms with Crippen molar-refractivity contribution in [1.82, 2.24) is 5.32 Å². The Kier molecular flexibility index (Phi) is 4.59. The molecule has 0 aliphatic carbocycles. The van der Waals surface area contributed by atoms with Crippen LogP contribution in [-0.2, 0) is 0 Å². The molecule has 3 rings (SSSR count). The Balaban J connectivity index is 2.06. The molecule has 1 N–H and O–H groups in total. The van der Waals surface area contributed by atoms with Gasteiger partial charge in [-0.1, -0.05) is 48.9 Å². The Hall–Kier alpha value is -1.35. The Labute approximate surface area is 134 Å². The molecule has 1 aromatic heterocycles. The normalized spacial score (nSPS) is 12.7. The van der Waals surface area contributed by atoms with Crippen molar-refractivity contribution in [3.63, 3.8) is 0 Å². The first kappa shape index (κ1) is 14.6. The maximum Gasteiger partial charge on any atom is 0.0590 e. The van der Waals surface area contributed by atoms with Gasteiger partial charge in [0, 0.05) is 9.72 Å². The summed E-state index contributed by atoms with van der Waals surface area (Å²) in [5, 5.41) is 7.92. The van der Waals surface area contributed by atoms with Gasteiger partial charge in [0.05, 0.1) is 6.04 Å². The molecule has 21 heavy (non-hydrogen) atoms. The first-order valence-corrected chi connectivity index (χ1v) is 8.50. The van der Waals surface area contributed by atoms with Crippen LogP contribution in [-0.4, -0.2) is 6.54 Å². The molecule has 1 heterocycles. The van der Waals surface area contributed by atoms with Crippen molar-refractivity contribution in [2.24, 2.45) is 0 Å². The minimum atomic E-state index is 0.213. The zero-order valence-corrected chi connectivity index (χ0v) is 13.5. The molecule has 3 heteroatoms. The SMILES string of the molecule is CCCNC(c1ccc(Cl)cc1)c1cccc2ccsc12. The molecular formula is C18H18ClNS. The molecule has 3 aromatic rings. The van der Waals surface area contributed by atoms with E-state index < -0.39 is 0 Å². The second-order valence-electron chi connectivity index (χ2n) is 5.12. The fourth-order valence-corrected chi connectivity index (χ4v) is 3.67. The third-order valence-electron chi connectivity index (χ3n) is 3.62. The van der Waals surface area contributed by atoms with E-state index in [0.717, 1.165) is 18.0 Å². The Morgan fingerprint density at radius 2 is 1.90 bits per heavy atom. The highest BCUT2D eigenvalue weighted by atomic mass is 35.5. The Morgan fingerprint density at radius 3 is 2.67 bits per heavy atom. The second-order valence-corrected chi connectivity index (χ2v) is 6.48. The molecule has 0 fully saturated rings. The highest BCUT2D eigenvalue weighted by Gasteiger charge is 2.16. The summed E-state index contributed by atoms with van der Waals surface area (Å²) in [6.45, 7) is 3.19. The van der Waals surface area contributed by atoms with E-state index in [-0.39, 0.29) is 6.04 Å². The van der Waals surface area contributed by atoms with Gasteiger partial charge in [-0.2, -0.15) is 0 Å². The summed E-state index contributed by atoms with van der Waals surface area (Å²) in [5.74, 6) is 0. The topological polar surface area (TPSA) is 12.0 Å². The van der Waals surface area contributed by atoms with Gasteiger partial charge >= 0.3 is 0 Å². The molecule has 0 spiro atoms. The fraction of sp³-hybridized carbons (Fsp3) is 0.222. The lowest BCUT2D eigenvalue weighted by Crippen LogP contribution is -2.23. The molecule has 0 saturated heterocycles. The maximum atomic E-state index is 6.03. The van der Waals surface area contributed by atoms with Crippen LogP contribution in [0.2, 0.25) is 5.02 Å². The smallest absolute Gasteiger partial charge is 0.0590 e. The number of hydrogen-bond acceptors (Lipinski definition) is 2. The summed E-state index contributed by atoms with van der Waals surface area (Å²) in [6, 6.07) is 17.1. The van der Waals surface area contributed by atoms with E-state index >= 15 is 0 Å². The van der Waals surface area contributed by atoms with Gasteiger partial charge < -0.3 is 5.32 Å². The van der Waals surface area contributed by atoms with Crippen molar-refractivity contribution >= 4 is 33.0 Å². The molecule has 0 saturated carbocycles. The molecule has 108 valence electrons. The lowest BCUT2D eigenvalue weighted by Gasteiger charge is -2.20. The molecule has 0 aliphatic rings. The van der Waals surface area contributed by atoms with Crippen LogP contribution in [0.4, 0.5) is 0 Å². The molecular weight excluding hydrogens is 298 g/mol. The maximum absolute atomic E-state index is 6.03. The summed E-state index contributed by atoms with van der Waals surface area (Å²) in [5.41, 5.74) is 2.60. The van der Waals surface area contributed by atoms with E-state index in [1.54, 1.807) is 0 Å². The predicted molar refractivity (Wildman–Crippen MR) is 93.4 cm³/mol. The van der Waals surface area contributed by atoms with Crippen molar-refractivity contribution in [3.8, 4) is 0 Å². The van der Waals surface area contributed by atoms with Crippen molar-refractivity contribution < 1.29 is 0 Å². The highest BCUT2D eigenvalue weighted by molar-refractivity contribution is 7.17. The lowest BCUT2D eigenvalue weighted by atomic mass is 9.97. The van der Waals surface area contributed by atoms with Crippen molar-refractivity contribution in [2.45, 2.75) is 19.4 Å². The van der Waals surface area contributed by atoms with Gasteiger partial charge in [-0.05, 0) is 53.1 Å². The van der Waals surface area contributed by atoms with Crippen LogP contribution in [0.1, 0.15) is 30.5 Å². The highest BCUT2D eigenvalue weighted by Crippen LogP contribution is 2.32. The summed E-state index contributed by atoms with van der Waals surface area (Å²) in [6.07, 6.45) is 1.12. The third-order valence-corrected chi connectivity index (χ3v) is 4.85. The van der Waals surface area contributed by atoms with Crippen molar-refractivity contribution in [2.75, 3.05) is 6.54 Å². The minimum absolute atomic E-state index is 0.213. The van der Waals surface area contributed by atoms with Gasteiger partial charge in [0.1, 0.15) is 0 Å². The van der Waals surface area contributed by atoms with E-state index in [2.05, 4.69) is 54.0 Å². The van der Waals surface area contributed by atoms with Crippen LogP contribution < -0.4 is 5.32 Å². The summed E-state index contributed by atoms with van der Waals surface area (Å²) in [7, 11) is 0. The van der Waals surface area contributed by atoms with E-state index in [0.29, 0.717) is 0 Å². The van der Waals surface area contributed by atoms with Crippen LogP contribution in [0.3, 0.4) is 0 Å². The standard InChI is InChI=1S/C18H18ClNS/c1-2-11-20-17(13-6-8-15(19)9-7-13)16-5-3-4-14-10-12-21-18(14)16/h3-10,12,17,20H,2,11H2,1H3. The first-order chi connectivity index (χ1) is 10.3. The van der Waals surface area contributed by atoms with Crippen LogP contribution in [0.5, 0.6) is 0 Å². The number of fused-ring (bicyclic) bond motifs is 1. The largest absolute Gasteiger partial charge is 0.306 e. The van der Waals surface area contributed by atoms with Crippen LogP contribution in [0.25, 0.3) is 10.1 Å². The lowest BCUT2D eigenvalue weighted by molar-refractivity contribution is 0.602. The van der Waals surface area contributed by atoms with Gasteiger partial charge in [-0.3, -0.25) is 0 Å². The number of rotatable bonds is 5. The molecule has 0 aliphatic heterocycles. The number of halogens is 1. The first-order valence-electron chi connectivity index (χ1n) is 7.24. The molecule has 1 atom stereocenters. The average molecular weight is 316 g/mol. The van der Waals surface area contributed by atoms with Crippen LogP contribution in [0.15, 0.2) is 53.9 Å². The van der Waals surface area contributed by atoms with Gasteiger partial charge in [0.15, 0.2) is 0 Å². The summed E-state index contributed by atoms with van der Waals surface area (Å²) < 4.78 is 1.36. The third kappa shape index (κ3) is 3.13. The van der Waals surface area contributed by atoms with Crippen LogP contribution >= 0.6 is 22.9 Å². The quantitative estimate of drug-likeness (QED) is 0.642. The number of thiophene rings is 1. The second kappa shape index (κ2) is 6.61. The zero-order valence-electron chi connectivity index (χ0n) is 12.0. The number of nitrogens with one attached hydrogen (secondary N) is 1. The Bertz CT molecular complexity index is 717. The molecule has 2 aromatic carbocycles. The molecule has 1 unspecified atom stereocenters. The van der Waals surface area contributed by atoms with Crippen molar-refractivity contribution in [1.29, 1.82) is 0 Å². The molecule has 0 amide bonds. The average Bonchev–Trinajstić information content (AvgIpc) is 2.98. The van der Waals surface area contributed by atoms with Gasteiger partial charge in [0.25, 0.3) is 0 Å². The van der Waals surface area contributed by atoms with Crippen molar-refractivity contribution in [3.05, 3.63) is 70.1 Å². The minimum Gasteiger partial charge on any atom is -0.306 e. The van der Waals surface area contributed by atoms with E-state index in [1.165, 1.54) is 21.2 Å². The monoisotopic (exact) mass is 315 g/mol. The molecule has 0 radical (unpaired) electrons. The van der Waals surface area contributed by atoms with Crippen LogP contribution in [0, 0.1) is 0 Å². The van der Waals surface area contributed by atoms with Gasteiger partial charge in [-0.25, -0.2) is 0 Å². The summed E-state index contributed by atoms with van der Waals surface area (Å²) >= 11 is 7.83. The number of benzene rings is 2. The molecule has 0 bridgehead atoms. The molecule has 1 nitrogen and oxygen atoms in total. The van der Waals surface area contributed by atoms with Gasteiger partial charge in [-0.15, -0.1) is 11.3 Å². The zero-order chi connectivity index (χ0) is 14.7. The summed E-state index contributed by atoms with van der Waals surface area (Å²) in [4.78, 5) is 0. The van der Waals surface area contributed by atoms with E-state index in [4.69, 9.17) is 11.6 Å². The Morgan fingerprint density at radius 1 is 1.10 bits per heavy atom. The fourth-order valence-electron chi connectivity index (χ4n) is 2.59. The van der Waals surface area contributed by atoms with Gasteiger partial charge in [0.2, 0.25) is 0 Å². The number of hydrogen-bond donors (Lipinski definition) is 1. The predicted octanol–water partition coefficient (Wildman–Crippen LogP) is 5.64.